The number of carbonyl (C=O) groups excluding carboxylic acids is 2. The standard InChI is InChI=1S/C39H44N6O5Si/c1-5-21-44-34-18-16-29(45-36(47)19-17-32(41-45)28-14-10-7-11-15-28)23-31(34)39(38(44)48)26(2)37(51(3,4)49)35(50-39)20-22-43-24-33(40-42-43)30(25-46)27-12-8-6-9-13-27/h5-16,18,23-24,26,30,35,37,46,49H,1,17,19-22,25H2,2-4H3/t26-,30?,35+,37-,39+/m0/s1. The number of aryl methyl sites for hydroxylation is 1. The van der Waals surface area contributed by atoms with Gasteiger partial charge in [0.15, 0.2) is 13.9 Å². The van der Waals surface area contributed by atoms with Gasteiger partial charge in [0, 0.05) is 49.2 Å². The minimum atomic E-state index is -2.92. The lowest BCUT2D eigenvalue weighted by Gasteiger charge is -2.32. The van der Waals surface area contributed by atoms with Crippen molar-refractivity contribution in [2.45, 2.75) is 69.0 Å². The summed E-state index contributed by atoms with van der Waals surface area (Å²) in [5.74, 6) is -1.02. The minimum Gasteiger partial charge on any atom is -0.432 e. The Hall–Kier alpha value is -4.75. The number of hydrogen-bond acceptors (Lipinski definition) is 8. The highest BCUT2D eigenvalue weighted by atomic mass is 28.4. The Kier molecular flexibility index (Phi) is 9.36. The van der Waals surface area contributed by atoms with Crippen LogP contribution in [0.3, 0.4) is 0 Å². The lowest BCUT2D eigenvalue weighted by Crippen LogP contribution is -2.46. The van der Waals surface area contributed by atoms with Crippen LogP contribution in [-0.4, -0.2) is 70.0 Å². The molecule has 1 saturated heterocycles. The van der Waals surface area contributed by atoms with Gasteiger partial charge in [-0.1, -0.05) is 78.9 Å². The zero-order valence-electron chi connectivity index (χ0n) is 29.2. The van der Waals surface area contributed by atoms with E-state index in [0.717, 1.165) is 16.8 Å². The number of benzene rings is 3. The van der Waals surface area contributed by atoms with Gasteiger partial charge in [0.2, 0.25) is 5.91 Å². The molecule has 1 unspecified atom stereocenters. The molecule has 0 radical (unpaired) electrons. The summed E-state index contributed by atoms with van der Waals surface area (Å²) >= 11 is 0. The summed E-state index contributed by atoms with van der Waals surface area (Å²) in [6.45, 7) is 10.3. The molecule has 0 aliphatic carbocycles. The number of aliphatic hydroxyl groups excluding tert-OH is 1. The Balaban J connectivity index is 1.22. The summed E-state index contributed by atoms with van der Waals surface area (Å²) in [5, 5.41) is 25.1. The van der Waals surface area contributed by atoms with Crippen LogP contribution in [0.25, 0.3) is 0 Å². The van der Waals surface area contributed by atoms with E-state index >= 15 is 0 Å². The van der Waals surface area contributed by atoms with Crippen molar-refractivity contribution in [3.05, 3.63) is 120 Å². The van der Waals surface area contributed by atoms with Gasteiger partial charge in [-0.05, 0) is 48.8 Å². The zero-order valence-corrected chi connectivity index (χ0v) is 30.2. The molecule has 4 heterocycles. The van der Waals surface area contributed by atoms with Crippen molar-refractivity contribution in [2.24, 2.45) is 11.0 Å². The molecule has 3 aliphatic heterocycles. The highest BCUT2D eigenvalue weighted by Gasteiger charge is 2.66. The summed E-state index contributed by atoms with van der Waals surface area (Å²) in [6.07, 6.45) is 4.39. The van der Waals surface area contributed by atoms with E-state index < -0.39 is 20.0 Å². The predicted octanol–water partition coefficient (Wildman–Crippen LogP) is 5.35. The first-order valence-electron chi connectivity index (χ1n) is 17.6. The van der Waals surface area contributed by atoms with Gasteiger partial charge in [0.1, 0.15) is 0 Å². The van der Waals surface area contributed by atoms with Crippen LogP contribution in [0.1, 0.15) is 54.5 Å². The average molecular weight is 705 g/mol. The fourth-order valence-corrected chi connectivity index (χ4v) is 10.9. The van der Waals surface area contributed by atoms with Crippen molar-refractivity contribution in [3.8, 4) is 0 Å². The van der Waals surface area contributed by atoms with Gasteiger partial charge in [-0.3, -0.25) is 14.3 Å². The number of anilines is 2. The number of rotatable bonds is 11. The fraction of sp³-hybridized carbons (Fsp3) is 0.359. The monoisotopic (exact) mass is 704 g/mol. The molecule has 3 aromatic carbocycles. The largest absolute Gasteiger partial charge is 0.432 e. The molecule has 2 N–H and O–H groups in total. The molecule has 0 saturated carbocycles. The van der Waals surface area contributed by atoms with Gasteiger partial charge in [-0.15, -0.1) is 11.7 Å². The topological polar surface area (TPSA) is 133 Å². The molecule has 12 heteroatoms. The lowest BCUT2D eigenvalue weighted by atomic mass is 9.82. The van der Waals surface area contributed by atoms with Gasteiger partial charge in [-0.2, -0.15) is 5.10 Å². The maximum atomic E-state index is 14.6. The first-order valence-corrected chi connectivity index (χ1v) is 20.6. The van der Waals surface area contributed by atoms with Gasteiger partial charge in [-0.25, -0.2) is 5.01 Å². The van der Waals surface area contributed by atoms with E-state index in [1.165, 1.54) is 5.01 Å². The second kappa shape index (κ2) is 13.8. The Bertz CT molecular complexity index is 1960. The van der Waals surface area contributed by atoms with E-state index in [1.807, 2.05) is 105 Å². The molecular weight excluding hydrogens is 661 g/mol. The highest BCUT2D eigenvalue weighted by Crippen LogP contribution is 2.60. The Morgan fingerprint density at radius 1 is 1.06 bits per heavy atom. The third-order valence-electron chi connectivity index (χ3n) is 10.6. The third kappa shape index (κ3) is 6.16. The predicted molar refractivity (Wildman–Crippen MR) is 198 cm³/mol. The molecule has 1 spiro atoms. The second-order valence-electron chi connectivity index (χ2n) is 14.2. The van der Waals surface area contributed by atoms with E-state index in [2.05, 4.69) is 16.9 Å². The van der Waals surface area contributed by atoms with Crippen LogP contribution in [0.4, 0.5) is 11.4 Å². The minimum absolute atomic E-state index is 0.104. The summed E-state index contributed by atoms with van der Waals surface area (Å²) in [4.78, 5) is 41.4. The molecule has 11 nitrogen and oxygen atoms in total. The van der Waals surface area contributed by atoms with Crippen LogP contribution in [0.2, 0.25) is 18.6 Å². The van der Waals surface area contributed by atoms with Gasteiger partial charge < -0.3 is 19.5 Å². The van der Waals surface area contributed by atoms with Crippen molar-refractivity contribution < 1.29 is 24.2 Å². The van der Waals surface area contributed by atoms with Gasteiger partial charge >= 0.3 is 0 Å². The quantitative estimate of drug-likeness (QED) is 0.159. The average Bonchev–Trinajstić information content (AvgIpc) is 3.79. The Labute approximate surface area is 299 Å². The zero-order chi connectivity index (χ0) is 35.9. The molecule has 264 valence electrons. The van der Waals surface area contributed by atoms with Crippen molar-refractivity contribution in [1.29, 1.82) is 0 Å². The molecular formula is C39H44N6O5Si. The number of ether oxygens (including phenoxy) is 1. The molecule has 1 aromatic heterocycles. The number of hydrazone groups is 1. The van der Waals surface area contributed by atoms with E-state index in [4.69, 9.17) is 9.84 Å². The first-order chi connectivity index (χ1) is 24.6. The van der Waals surface area contributed by atoms with Crippen LogP contribution >= 0.6 is 0 Å². The second-order valence-corrected chi connectivity index (χ2v) is 18.2. The summed E-state index contributed by atoms with van der Waals surface area (Å²) in [6, 6.07) is 25.1. The SMILES string of the molecule is C=CCN1C(=O)[C@]2(O[C@H](CCn3cc(C(CO)c4ccccc4)nn3)[C@@H]([Si](C)(C)O)[C@@H]2C)c2cc(N3N=C(c4ccccc4)CCC3=O)ccc21. The van der Waals surface area contributed by atoms with Gasteiger partial charge in [0.05, 0.1) is 41.4 Å². The van der Waals surface area contributed by atoms with Crippen molar-refractivity contribution in [2.75, 3.05) is 23.1 Å². The molecule has 7 rings (SSSR count). The van der Waals surface area contributed by atoms with Crippen LogP contribution in [0.5, 0.6) is 0 Å². The van der Waals surface area contributed by atoms with Crippen LogP contribution in [0, 0.1) is 5.92 Å². The van der Waals surface area contributed by atoms with Crippen molar-refractivity contribution in [3.63, 3.8) is 0 Å². The number of carbonyl (C=O) groups is 2. The molecule has 5 atom stereocenters. The lowest BCUT2D eigenvalue weighted by molar-refractivity contribution is -0.145. The molecule has 51 heavy (non-hydrogen) atoms. The number of fused-ring (bicyclic) bond motifs is 2. The summed E-state index contributed by atoms with van der Waals surface area (Å²) in [5.41, 5.74) is 3.62. The molecule has 1 fully saturated rings. The Morgan fingerprint density at radius 2 is 1.78 bits per heavy atom. The maximum Gasteiger partial charge on any atom is 0.264 e. The summed E-state index contributed by atoms with van der Waals surface area (Å²) in [7, 11) is -2.92. The number of aromatic nitrogens is 3. The van der Waals surface area contributed by atoms with Crippen molar-refractivity contribution >= 4 is 37.2 Å². The Morgan fingerprint density at radius 3 is 2.47 bits per heavy atom. The highest BCUT2D eigenvalue weighted by molar-refractivity contribution is 6.71. The summed E-state index contributed by atoms with van der Waals surface area (Å²) < 4.78 is 8.75. The maximum absolute atomic E-state index is 14.6. The van der Waals surface area contributed by atoms with Crippen LogP contribution in [-0.2, 0) is 26.5 Å². The van der Waals surface area contributed by atoms with E-state index in [-0.39, 0.29) is 42.3 Å². The van der Waals surface area contributed by atoms with Crippen LogP contribution < -0.4 is 9.91 Å². The number of aliphatic hydroxyl groups is 1. The number of amides is 2. The number of hydrogen-bond donors (Lipinski definition) is 2. The molecule has 2 amide bonds. The van der Waals surface area contributed by atoms with Crippen molar-refractivity contribution in [1.82, 2.24) is 15.0 Å². The molecule has 0 bridgehead atoms. The molecule has 4 aromatic rings. The fourth-order valence-electron chi connectivity index (χ4n) is 8.27. The van der Waals surface area contributed by atoms with E-state index in [0.29, 0.717) is 48.4 Å². The van der Waals surface area contributed by atoms with E-state index in [1.54, 1.807) is 15.7 Å². The van der Waals surface area contributed by atoms with Crippen LogP contribution in [0.15, 0.2) is 103 Å². The number of nitrogens with zero attached hydrogens (tertiary/aromatic N) is 6. The smallest absolute Gasteiger partial charge is 0.264 e. The van der Waals surface area contributed by atoms with Gasteiger partial charge in [0.25, 0.3) is 5.91 Å². The first kappa shape index (κ1) is 34.7. The third-order valence-corrected chi connectivity index (χ3v) is 13.1. The van der Waals surface area contributed by atoms with E-state index in [9.17, 15) is 19.5 Å². The normalized spacial score (nSPS) is 23.9. The molecule has 3 aliphatic rings.